The molecule has 7 heteroatoms. The summed E-state index contributed by atoms with van der Waals surface area (Å²) in [5.74, 6) is -0.453. The number of amides is 1. The zero-order chi connectivity index (χ0) is 18.0. The van der Waals surface area contributed by atoms with Crippen molar-refractivity contribution in [2.45, 2.75) is 24.7 Å². The maximum atomic E-state index is 14.2. The molecule has 2 aromatic rings. The number of halogens is 4. The molecule has 2 aromatic carbocycles. The topological polar surface area (TPSA) is 32.3 Å². The van der Waals surface area contributed by atoms with E-state index in [9.17, 15) is 22.4 Å². The third-order valence-corrected chi connectivity index (χ3v) is 4.40. The van der Waals surface area contributed by atoms with E-state index in [0.29, 0.717) is 30.6 Å². The van der Waals surface area contributed by atoms with Gasteiger partial charge in [0.2, 0.25) is 6.41 Å². The van der Waals surface area contributed by atoms with Gasteiger partial charge < -0.3 is 10.2 Å². The summed E-state index contributed by atoms with van der Waals surface area (Å²) in [6, 6.07) is 10.1. The number of benzene rings is 2. The number of nitrogens with one attached hydrogen (secondary N) is 1. The van der Waals surface area contributed by atoms with Gasteiger partial charge in [-0.25, -0.2) is 4.39 Å². The number of carbonyl (C=O) groups excluding carboxylic acids is 1. The Balaban J connectivity index is 2.04. The second kappa shape index (κ2) is 6.74. The number of nitrogens with zero attached hydrogens (tertiary/aromatic N) is 1. The smallest absolute Gasteiger partial charge is 0.360 e. The molecule has 0 spiro atoms. The predicted octanol–water partition coefficient (Wildman–Crippen LogP) is 3.91. The van der Waals surface area contributed by atoms with Crippen LogP contribution in [0.3, 0.4) is 0 Å². The van der Waals surface area contributed by atoms with Crippen LogP contribution in [0.2, 0.25) is 0 Å². The van der Waals surface area contributed by atoms with E-state index in [2.05, 4.69) is 5.32 Å². The Kier molecular flexibility index (Phi) is 4.65. The summed E-state index contributed by atoms with van der Waals surface area (Å²) in [6.07, 6.45) is -3.44. The molecule has 1 amide bonds. The largest absolute Gasteiger partial charge is 0.416 e. The molecular weight excluding hydrogens is 336 g/mol. The van der Waals surface area contributed by atoms with Crippen molar-refractivity contribution in [3.8, 4) is 0 Å². The first kappa shape index (κ1) is 17.3. The zero-order valence-electron chi connectivity index (χ0n) is 13.1. The van der Waals surface area contributed by atoms with Crippen molar-refractivity contribution >= 4 is 12.1 Å². The Bertz CT molecular complexity index is 763. The Labute approximate surface area is 142 Å². The summed E-state index contributed by atoms with van der Waals surface area (Å²) >= 11 is 0. The Hall–Kier alpha value is -2.57. The lowest BCUT2D eigenvalue weighted by Crippen LogP contribution is -2.36. The minimum atomic E-state index is -4.47. The van der Waals surface area contributed by atoms with Crippen molar-refractivity contribution in [1.82, 2.24) is 5.32 Å². The fourth-order valence-electron chi connectivity index (χ4n) is 3.32. The maximum Gasteiger partial charge on any atom is 0.416 e. The summed E-state index contributed by atoms with van der Waals surface area (Å²) in [5.41, 5.74) is -0.0784. The third-order valence-electron chi connectivity index (χ3n) is 4.40. The van der Waals surface area contributed by atoms with Gasteiger partial charge >= 0.3 is 6.18 Å². The number of hydrogen-bond donors (Lipinski definition) is 1. The van der Waals surface area contributed by atoms with Crippen molar-refractivity contribution in [2.24, 2.45) is 0 Å². The lowest BCUT2D eigenvalue weighted by atomic mass is 9.97. The molecule has 0 bridgehead atoms. The number of hydrogen-bond acceptors (Lipinski definition) is 2. The average molecular weight is 352 g/mol. The molecular formula is C18H16F4N2O. The van der Waals surface area contributed by atoms with Gasteiger partial charge in [0.05, 0.1) is 23.3 Å². The molecule has 0 aromatic heterocycles. The standard InChI is InChI=1S/C18H16F4N2O/c19-14-6-1-2-7-16(14)24-9-8-15(23-11-25)17(24)12-4-3-5-13(10-12)18(20,21)22/h1-7,10-11,15,17H,8-9H2,(H,23,25). The number of alkyl halides is 3. The Morgan fingerprint density at radius 1 is 1.12 bits per heavy atom. The van der Waals surface area contributed by atoms with E-state index in [1.807, 2.05) is 0 Å². The van der Waals surface area contributed by atoms with E-state index in [-0.39, 0.29) is 0 Å². The summed E-state index contributed by atoms with van der Waals surface area (Å²) in [5, 5.41) is 2.64. The lowest BCUT2D eigenvalue weighted by Gasteiger charge is -2.30. The van der Waals surface area contributed by atoms with Crippen LogP contribution in [-0.2, 0) is 11.0 Å². The predicted molar refractivity (Wildman–Crippen MR) is 85.5 cm³/mol. The molecule has 0 radical (unpaired) electrons. The molecule has 1 fully saturated rings. The Morgan fingerprint density at radius 2 is 1.88 bits per heavy atom. The van der Waals surface area contributed by atoms with E-state index in [0.717, 1.165) is 12.1 Å². The highest BCUT2D eigenvalue weighted by Crippen LogP contribution is 2.39. The highest BCUT2D eigenvalue weighted by atomic mass is 19.4. The maximum absolute atomic E-state index is 14.2. The van der Waals surface area contributed by atoms with E-state index in [1.54, 1.807) is 29.2 Å². The summed E-state index contributed by atoms with van der Waals surface area (Å²) in [6.45, 7) is 0.424. The molecule has 1 N–H and O–H groups in total. The van der Waals surface area contributed by atoms with Crippen molar-refractivity contribution in [3.05, 3.63) is 65.5 Å². The fourth-order valence-corrected chi connectivity index (χ4v) is 3.32. The third kappa shape index (κ3) is 3.45. The van der Waals surface area contributed by atoms with Gasteiger partial charge in [-0.3, -0.25) is 4.79 Å². The second-order valence-electron chi connectivity index (χ2n) is 5.89. The highest BCUT2D eigenvalue weighted by Gasteiger charge is 2.38. The van der Waals surface area contributed by atoms with Crippen molar-refractivity contribution in [1.29, 1.82) is 0 Å². The molecule has 0 aliphatic carbocycles. The lowest BCUT2D eigenvalue weighted by molar-refractivity contribution is -0.137. The number of rotatable bonds is 4. The minimum absolute atomic E-state index is 0.306. The first-order valence-corrected chi connectivity index (χ1v) is 7.80. The molecule has 0 saturated carbocycles. The number of carbonyl (C=O) groups is 1. The quantitative estimate of drug-likeness (QED) is 0.668. The molecule has 3 nitrogen and oxygen atoms in total. The van der Waals surface area contributed by atoms with Gasteiger partial charge in [-0.1, -0.05) is 24.3 Å². The van der Waals surface area contributed by atoms with Gasteiger partial charge in [0.15, 0.2) is 0 Å². The van der Waals surface area contributed by atoms with Crippen molar-refractivity contribution < 1.29 is 22.4 Å². The summed E-state index contributed by atoms with van der Waals surface area (Å²) in [7, 11) is 0. The van der Waals surface area contributed by atoms with Crippen LogP contribution in [0.5, 0.6) is 0 Å². The normalized spacial score (nSPS) is 20.6. The minimum Gasteiger partial charge on any atom is -0.360 e. The van der Waals surface area contributed by atoms with Crippen LogP contribution >= 0.6 is 0 Å². The van der Waals surface area contributed by atoms with E-state index in [1.165, 1.54) is 12.1 Å². The number of anilines is 1. The Morgan fingerprint density at radius 3 is 2.56 bits per heavy atom. The first-order chi connectivity index (χ1) is 11.9. The van der Waals surface area contributed by atoms with E-state index in [4.69, 9.17) is 0 Å². The van der Waals surface area contributed by atoms with Gasteiger partial charge in [-0.2, -0.15) is 13.2 Å². The van der Waals surface area contributed by atoms with Crippen molar-refractivity contribution in [2.75, 3.05) is 11.4 Å². The van der Waals surface area contributed by atoms with E-state index < -0.39 is 29.6 Å². The molecule has 1 heterocycles. The van der Waals surface area contributed by atoms with Gasteiger partial charge in [0.25, 0.3) is 0 Å². The second-order valence-corrected chi connectivity index (χ2v) is 5.89. The van der Waals surface area contributed by atoms with Crippen LogP contribution in [0.1, 0.15) is 23.6 Å². The zero-order valence-corrected chi connectivity index (χ0v) is 13.1. The van der Waals surface area contributed by atoms with Gasteiger partial charge in [0, 0.05) is 6.54 Å². The van der Waals surface area contributed by atoms with Gasteiger partial charge in [-0.15, -0.1) is 0 Å². The molecule has 2 unspecified atom stereocenters. The molecule has 25 heavy (non-hydrogen) atoms. The van der Waals surface area contributed by atoms with Crippen LogP contribution in [0.15, 0.2) is 48.5 Å². The van der Waals surface area contributed by atoms with Crippen LogP contribution < -0.4 is 10.2 Å². The van der Waals surface area contributed by atoms with Crippen LogP contribution in [0.4, 0.5) is 23.2 Å². The first-order valence-electron chi connectivity index (χ1n) is 7.80. The fraction of sp³-hybridized carbons (Fsp3) is 0.278. The van der Waals surface area contributed by atoms with Gasteiger partial charge in [-0.05, 0) is 36.2 Å². The van der Waals surface area contributed by atoms with Gasteiger partial charge in [0.1, 0.15) is 5.82 Å². The average Bonchev–Trinajstić information content (AvgIpc) is 2.98. The van der Waals surface area contributed by atoms with Crippen molar-refractivity contribution in [3.63, 3.8) is 0 Å². The molecule has 132 valence electrons. The molecule has 1 aliphatic rings. The van der Waals surface area contributed by atoms with Crippen LogP contribution in [-0.4, -0.2) is 19.0 Å². The molecule has 1 aliphatic heterocycles. The molecule has 2 atom stereocenters. The molecule has 1 saturated heterocycles. The molecule has 3 rings (SSSR count). The van der Waals surface area contributed by atoms with Crippen LogP contribution in [0, 0.1) is 5.82 Å². The highest BCUT2D eigenvalue weighted by molar-refractivity contribution is 5.55. The van der Waals surface area contributed by atoms with E-state index >= 15 is 0 Å². The number of para-hydroxylation sites is 1. The summed E-state index contributed by atoms with van der Waals surface area (Å²) in [4.78, 5) is 12.6. The SMILES string of the molecule is O=CNC1CCN(c2ccccc2F)C1c1cccc(C(F)(F)F)c1. The summed E-state index contributed by atoms with van der Waals surface area (Å²) < 4.78 is 53.3. The monoisotopic (exact) mass is 352 g/mol. The van der Waals surface area contributed by atoms with Crippen LogP contribution in [0.25, 0.3) is 0 Å².